The van der Waals surface area contributed by atoms with Crippen LogP contribution in [0.25, 0.3) is 10.2 Å². The van der Waals surface area contributed by atoms with Crippen molar-refractivity contribution in [2.75, 3.05) is 23.6 Å². The maximum atomic E-state index is 12.0. The highest BCUT2D eigenvalue weighted by atomic mass is 35.5. The lowest BCUT2D eigenvalue weighted by molar-refractivity contribution is -0.117. The van der Waals surface area contributed by atoms with Crippen LogP contribution in [0, 0.1) is 0 Å². The normalized spacial score (nSPS) is 17.5. The summed E-state index contributed by atoms with van der Waals surface area (Å²) in [5.41, 5.74) is 0.877. The molecule has 21 heavy (non-hydrogen) atoms. The lowest BCUT2D eigenvalue weighted by Crippen LogP contribution is -2.37. The van der Waals surface area contributed by atoms with E-state index in [9.17, 15) is 4.79 Å². The van der Waals surface area contributed by atoms with Gasteiger partial charge in [0.05, 0.1) is 22.9 Å². The van der Waals surface area contributed by atoms with Gasteiger partial charge in [-0.2, -0.15) is 0 Å². The molecule has 1 aliphatic heterocycles. The van der Waals surface area contributed by atoms with Gasteiger partial charge in [0, 0.05) is 11.6 Å². The quantitative estimate of drug-likeness (QED) is 0.892. The minimum atomic E-state index is -0.119. The monoisotopic (exact) mass is 345 g/mol. The molecular formula is C13H16ClN3O2S2. The lowest BCUT2D eigenvalue weighted by Gasteiger charge is -2.07. The van der Waals surface area contributed by atoms with Gasteiger partial charge in [-0.1, -0.05) is 11.3 Å². The Morgan fingerprint density at radius 1 is 1.57 bits per heavy atom. The van der Waals surface area contributed by atoms with Gasteiger partial charge in [0.25, 0.3) is 0 Å². The highest BCUT2D eigenvalue weighted by Gasteiger charge is 2.23. The number of carbonyl (C=O) groups is 1. The minimum Gasteiger partial charge on any atom is -0.494 e. The van der Waals surface area contributed by atoms with Gasteiger partial charge in [-0.25, -0.2) is 4.98 Å². The number of nitrogens with one attached hydrogen (secondary N) is 2. The molecule has 3 rings (SSSR count). The molecule has 1 aromatic heterocycles. The summed E-state index contributed by atoms with van der Waals surface area (Å²) in [6.45, 7) is 2.59. The van der Waals surface area contributed by atoms with Crippen molar-refractivity contribution < 1.29 is 9.53 Å². The van der Waals surface area contributed by atoms with Crippen molar-refractivity contribution in [2.24, 2.45) is 0 Å². The van der Waals surface area contributed by atoms with Gasteiger partial charge < -0.3 is 10.1 Å². The smallest absolute Gasteiger partial charge is 0.244 e. The lowest BCUT2D eigenvalue weighted by atomic mass is 10.3. The fourth-order valence-corrected chi connectivity index (χ4v) is 3.81. The topological polar surface area (TPSA) is 63.2 Å². The average molecular weight is 346 g/mol. The van der Waals surface area contributed by atoms with Crippen LogP contribution in [0.2, 0.25) is 0 Å². The number of aromatic nitrogens is 1. The molecule has 1 atom stereocenters. The fourth-order valence-electron chi connectivity index (χ4n) is 1.97. The fraction of sp³-hybridized carbons (Fsp3) is 0.385. The number of thiazole rings is 1. The van der Waals surface area contributed by atoms with E-state index in [1.165, 1.54) is 11.3 Å². The van der Waals surface area contributed by atoms with Crippen molar-refractivity contribution in [2.45, 2.75) is 13.0 Å². The van der Waals surface area contributed by atoms with E-state index in [4.69, 9.17) is 4.74 Å². The summed E-state index contributed by atoms with van der Waals surface area (Å²) < 4.78 is 6.48. The molecule has 0 radical (unpaired) electrons. The molecule has 2 aromatic rings. The molecule has 1 aromatic carbocycles. The van der Waals surface area contributed by atoms with Crippen LogP contribution in [0.1, 0.15) is 6.92 Å². The first-order valence-corrected chi connectivity index (χ1v) is 8.39. The number of ether oxygens (including phenoxy) is 1. The Kier molecular flexibility index (Phi) is 5.69. The number of anilines is 1. The molecule has 8 heteroatoms. The summed E-state index contributed by atoms with van der Waals surface area (Å²) in [6.07, 6.45) is 0. The molecule has 1 amide bonds. The van der Waals surface area contributed by atoms with Gasteiger partial charge in [0.15, 0.2) is 5.13 Å². The van der Waals surface area contributed by atoms with Crippen LogP contribution in [-0.4, -0.2) is 35.2 Å². The first-order chi connectivity index (χ1) is 9.76. The van der Waals surface area contributed by atoms with Gasteiger partial charge >= 0.3 is 0 Å². The van der Waals surface area contributed by atoms with Crippen molar-refractivity contribution in [3.8, 4) is 5.75 Å². The predicted molar refractivity (Wildman–Crippen MR) is 90.9 cm³/mol. The summed E-state index contributed by atoms with van der Waals surface area (Å²) in [6, 6.07) is 5.64. The van der Waals surface area contributed by atoms with E-state index < -0.39 is 0 Å². The Morgan fingerprint density at radius 3 is 3.14 bits per heavy atom. The van der Waals surface area contributed by atoms with Crippen molar-refractivity contribution in [1.82, 2.24) is 10.3 Å². The van der Waals surface area contributed by atoms with E-state index in [1.54, 1.807) is 11.8 Å². The zero-order valence-corrected chi connectivity index (χ0v) is 13.9. The number of amides is 1. The number of fused-ring (bicyclic) bond motifs is 1. The summed E-state index contributed by atoms with van der Waals surface area (Å²) >= 11 is 3.19. The summed E-state index contributed by atoms with van der Waals surface area (Å²) in [4.78, 5) is 16.4. The molecule has 2 heterocycles. The van der Waals surface area contributed by atoms with Crippen molar-refractivity contribution in [1.29, 1.82) is 0 Å². The van der Waals surface area contributed by atoms with Gasteiger partial charge in [0.1, 0.15) is 5.75 Å². The van der Waals surface area contributed by atoms with E-state index >= 15 is 0 Å². The zero-order valence-electron chi connectivity index (χ0n) is 11.4. The molecular weight excluding hydrogens is 330 g/mol. The third-order valence-corrected chi connectivity index (χ3v) is 4.81. The third-order valence-electron chi connectivity index (χ3n) is 2.93. The summed E-state index contributed by atoms with van der Waals surface area (Å²) in [5.74, 6) is 2.45. The summed E-state index contributed by atoms with van der Waals surface area (Å²) in [7, 11) is 0. The number of rotatable bonds is 4. The highest BCUT2D eigenvalue weighted by Crippen LogP contribution is 2.29. The molecule has 0 saturated carbocycles. The van der Waals surface area contributed by atoms with Gasteiger partial charge in [-0.15, -0.1) is 24.2 Å². The Labute approximate surface area is 137 Å². The first kappa shape index (κ1) is 16.4. The van der Waals surface area contributed by atoms with Gasteiger partial charge in [-0.05, 0) is 25.1 Å². The minimum absolute atomic E-state index is 0. The molecule has 0 bridgehead atoms. The van der Waals surface area contributed by atoms with E-state index in [0.29, 0.717) is 11.7 Å². The molecule has 114 valence electrons. The van der Waals surface area contributed by atoms with Crippen LogP contribution < -0.4 is 15.4 Å². The number of hydrogen-bond donors (Lipinski definition) is 2. The second kappa shape index (κ2) is 7.31. The molecule has 5 nitrogen and oxygen atoms in total. The number of benzene rings is 1. The number of thioether (sulfide) groups is 1. The van der Waals surface area contributed by atoms with Crippen molar-refractivity contribution in [3.63, 3.8) is 0 Å². The largest absolute Gasteiger partial charge is 0.494 e. The molecule has 0 aliphatic carbocycles. The van der Waals surface area contributed by atoms with Crippen LogP contribution in [0.5, 0.6) is 5.75 Å². The number of nitrogens with zero attached hydrogens (tertiary/aromatic N) is 1. The maximum absolute atomic E-state index is 12.0. The van der Waals surface area contributed by atoms with Gasteiger partial charge in [0.2, 0.25) is 5.91 Å². The summed E-state index contributed by atoms with van der Waals surface area (Å²) in [5, 5.41) is 6.66. The van der Waals surface area contributed by atoms with Crippen LogP contribution >= 0.6 is 35.5 Å². The van der Waals surface area contributed by atoms with Crippen LogP contribution in [0.3, 0.4) is 0 Å². The molecule has 2 N–H and O–H groups in total. The molecule has 0 spiro atoms. The molecule has 1 fully saturated rings. The molecule has 1 aliphatic rings. The van der Waals surface area contributed by atoms with Crippen LogP contribution in [0.4, 0.5) is 5.13 Å². The first-order valence-electron chi connectivity index (χ1n) is 6.41. The van der Waals surface area contributed by atoms with Crippen molar-refractivity contribution in [3.05, 3.63) is 18.2 Å². The van der Waals surface area contributed by atoms with Crippen LogP contribution in [-0.2, 0) is 4.79 Å². The Bertz CT molecular complexity index is 629. The van der Waals surface area contributed by atoms with E-state index in [0.717, 1.165) is 27.6 Å². The number of hydrogen-bond acceptors (Lipinski definition) is 6. The van der Waals surface area contributed by atoms with Crippen molar-refractivity contribution >= 4 is 56.8 Å². The second-order valence-electron chi connectivity index (χ2n) is 4.34. The SMILES string of the molecule is CCOc1ccc2nc(NC(=O)C3CSCN3)sc2c1.Cl. The molecule has 1 unspecified atom stereocenters. The molecule has 1 saturated heterocycles. The Hall–Kier alpha value is -1.02. The third kappa shape index (κ3) is 3.79. The highest BCUT2D eigenvalue weighted by molar-refractivity contribution is 7.99. The predicted octanol–water partition coefficient (Wildman–Crippen LogP) is 2.72. The number of carbonyl (C=O) groups excluding carboxylic acids is 1. The second-order valence-corrected chi connectivity index (χ2v) is 6.40. The van der Waals surface area contributed by atoms with Gasteiger partial charge in [-0.3, -0.25) is 10.1 Å². The standard InChI is InChI=1S/C13H15N3O2S2.ClH/c1-2-18-8-3-4-9-11(5-8)20-13(15-9)16-12(17)10-6-19-7-14-10;/h3-5,10,14H,2,6-7H2,1H3,(H,15,16,17);1H. The average Bonchev–Trinajstić information content (AvgIpc) is 3.06. The Morgan fingerprint density at radius 2 is 2.43 bits per heavy atom. The van der Waals surface area contributed by atoms with E-state index in [1.807, 2.05) is 25.1 Å². The number of halogens is 1. The maximum Gasteiger partial charge on any atom is 0.244 e. The zero-order chi connectivity index (χ0) is 13.9. The van der Waals surface area contributed by atoms with E-state index in [2.05, 4.69) is 15.6 Å². The van der Waals surface area contributed by atoms with E-state index in [-0.39, 0.29) is 24.4 Å². The van der Waals surface area contributed by atoms with Crippen LogP contribution in [0.15, 0.2) is 18.2 Å². The Balaban J connectivity index is 0.00000161.